The molecule has 74 valence electrons. The van der Waals surface area contributed by atoms with Gasteiger partial charge in [-0.15, -0.1) is 0 Å². The average Bonchev–Trinajstić information content (AvgIpc) is 2.18. The molecular formula is C11H11BrO2. The van der Waals surface area contributed by atoms with Crippen molar-refractivity contribution < 1.29 is 9.90 Å². The summed E-state index contributed by atoms with van der Waals surface area (Å²) in [4.78, 5) is 10.8. The van der Waals surface area contributed by atoms with Crippen molar-refractivity contribution in [2.24, 2.45) is 0 Å². The van der Waals surface area contributed by atoms with Crippen molar-refractivity contribution in [2.75, 3.05) is 5.33 Å². The smallest absolute Gasteiger partial charge is 0.331 e. The molecule has 0 aliphatic heterocycles. The van der Waals surface area contributed by atoms with Gasteiger partial charge in [-0.3, -0.25) is 0 Å². The van der Waals surface area contributed by atoms with Crippen molar-refractivity contribution >= 4 is 28.0 Å². The first-order valence-corrected chi connectivity index (χ1v) is 5.41. The van der Waals surface area contributed by atoms with Gasteiger partial charge in [-0.2, -0.15) is 0 Å². The summed E-state index contributed by atoms with van der Waals surface area (Å²) < 4.78 is 0. The highest BCUT2D eigenvalue weighted by Crippen LogP contribution is 2.11. The molecule has 3 heteroatoms. The summed E-state index contributed by atoms with van der Waals surface area (Å²) in [5.74, 6) is -0.853. The number of aliphatic carboxylic acids is 1. The average molecular weight is 255 g/mol. The Hall–Kier alpha value is -1.09. The van der Waals surface area contributed by atoms with Gasteiger partial charge < -0.3 is 5.11 Å². The summed E-state index contributed by atoms with van der Waals surface area (Å²) in [6.45, 7) is 0. The maximum atomic E-state index is 10.8. The van der Waals surface area contributed by atoms with Crippen LogP contribution in [-0.4, -0.2) is 16.4 Å². The van der Waals surface area contributed by atoms with Gasteiger partial charge in [-0.25, -0.2) is 4.79 Å². The first kappa shape index (κ1) is 11.0. The lowest BCUT2D eigenvalue weighted by Gasteiger charge is -1.99. The summed E-state index contributed by atoms with van der Waals surface area (Å²) in [7, 11) is 0. The van der Waals surface area contributed by atoms with Crippen molar-refractivity contribution in [3.63, 3.8) is 0 Å². The van der Waals surface area contributed by atoms with E-state index in [0.717, 1.165) is 5.56 Å². The molecule has 0 bridgehead atoms. The Kier molecular flexibility index (Phi) is 4.40. The Bertz CT molecular complexity index is 330. The minimum atomic E-state index is -0.853. The number of carboxylic acid groups (broad SMARTS) is 1. The summed E-state index contributed by atoms with van der Waals surface area (Å²) in [6.07, 6.45) is 2.23. The van der Waals surface area contributed by atoms with Crippen LogP contribution < -0.4 is 0 Å². The highest BCUT2D eigenvalue weighted by atomic mass is 79.9. The second-order valence-corrected chi connectivity index (χ2v) is 3.62. The number of alkyl halides is 1. The van der Waals surface area contributed by atoms with Crippen molar-refractivity contribution in [3.8, 4) is 0 Å². The SMILES string of the molecule is O=C(O)C(=Cc1ccccc1)CCBr. The van der Waals surface area contributed by atoms with Crippen LogP contribution in [0.1, 0.15) is 12.0 Å². The van der Waals surface area contributed by atoms with E-state index in [1.54, 1.807) is 6.08 Å². The van der Waals surface area contributed by atoms with Gasteiger partial charge >= 0.3 is 5.97 Å². The van der Waals surface area contributed by atoms with Gasteiger partial charge in [0.2, 0.25) is 0 Å². The number of carbonyl (C=O) groups is 1. The zero-order valence-corrected chi connectivity index (χ0v) is 9.20. The molecule has 0 amide bonds. The topological polar surface area (TPSA) is 37.3 Å². The van der Waals surface area contributed by atoms with Crippen molar-refractivity contribution in [2.45, 2.75) is 6.42 Å². The van der Waals surface area contributed by atoms with Crippen LogP contribution in [0.3, 0.4) is 0 Å². The Morgan fingerprint density at radius 1 is 1.36 bits per heavy atom. The molecule has 0 spiro atoms. The fourth-order valence-electron chi connectivity index (χ4n) is 1.09. The lowest BCUT2D eigenvalue weighted by atomic mass is 10.1. The van der Waals surface area contributed by atoms with Crippen LogP contribution in [0.5, 0.6) is 0 Å². The van der Waals surface area contributed by atoms with Crippen LogP contribution in [0.15, 0.2) is 35.9 Å². The van der Waals surface area contributed by atoms with E-state index < -0.39 is 5.97 Å². The standard InChI is InChI=1S/C11H11BrO2/c12-7-6-10(11(13)14)8-9-4-2-1-3-5-9/h1-5,8H,6-7H2,(H,13,14). The highest BCUT2D eigenvalue weighted by molar-refractivity contribution is 9.09. The molecule has 0 heterocycles. The van der Waals surface area contributed by atoms with Gasteiger partial charge in [-0.1, -0.05) is 46.3 Å². The predicted octanol–water partition coefficient (Wildman–Crippen LogP) is 2.94. The molecule has 1 rings (SSSR count). The van der Waals surface area contributed by atoms with E-state index in [1.165, 1.54) is 0 Å². The Morgan fingerprint density at radius 3 is 2.50 bits per heavy atom. The molecule has 1 aromatic carbocycles. The van der Waals surface area contributed by atoms with E-state index in [1.807, 2.05) is 30.3 Å². The highest BCUT2D eigenvalue weighted by Gasteiger charge is 2.05. The quantitative estimate of drug-likeness (QED) is 0.663. The lowest BCUT2D eigenvalue weighted by Crippen LogP contribution is -2.00. The van der Waals surface area contributed by atoms with E-state index in [4.69, 9.17) is 5.11 Å². The molecule has 0 saturated heterocycles. The Morgan fingerprint density at radius 2 is 2.00 bits per heavy atom. The monoisotopic (exact) mass is 254 g/mol. The predicted molar refractivity (Wildman–Crippen MR) is 60.5 cm³/mol. The summed E-state index contributed by atoms with van der Waals surface area (Å²) in [5, 5.41) is 9.54. The number of hydrogen-bond donors (Lipinski definition) is 1. The number of rotatable bonds is 4. The van der Waals surface area contributed by atoms with E-state index in [-0.39, 0.29) is 0 Å². The third-order valence-corrected chi connectivity index (χ3v) is 2.18. The first-order chi connectivity index (χ1) is 6.74. The zero-order valence-electron chi connectivity index (χ0n) is 7.61. The first-order valence-electron chi connectivity index (χ1n) is 4.29. The lowest BCUT2D eigenvalue weighted by molar-refractivity contribution is -0.132. The molecule has 0 aromatic heterocycles. The maximum absolute atomic E-state index is 10.8. The number of carboxylic acids is 1. The molecule has 0 saturated carbocycles. The zero-order chi connectivity index (χ0) is 10.4. The van der Waals surface area contributed by atoms with Gasteiger partial charge in [0.1, 0.15) is 0 Å². The largest absolute Gasteiger partial charge is 0.478 e. The van der Waals surface area contributed by atoms with Crippen LogP contribution >= 0.6 is 15.9 Å². The molecule has 0 atom stereocenters. The van der Waals surface area contributed by atoms with Crippen molar-refractivity contribution in [1.29, 1.82) is 0 Å². The van der Waals surface area contributed by atoms with Crippen molar-refractivity contribution in [1.82, 2.24) is 0 Å². The summed E-state index contributed by atoms with van der Waals surface area (Å²) >= 11 is 3.23. The minimum Gasteiger partial charge on any atom is -0.478 e. The van der Waals surface area contributed by atoms with E-state index >= 15 is 0 Å². The Balaban J connectivity index is 2.88. The number of benzene rings is 1. The van der Waals surface area contributed by atoms with Gasteiger partial charge in [-0.05, 0) is 18.1 Å². The van der Waals surface area contributed by atoms with Crippen molar-refractivity contribution in [3.05, 3.63) is 41.5 Å². The third kappa shape index (κ3) is 3.34. The molecule has 14 heavy (non-hydrogen) atoms. The molecule has 1 aromatic rings. The van der Waals surface area contributed by atoms with Gasteiger partial charge in [0, 0.05) is 10.9 Å². The molecule has 0 radical (unpaired) electrons. The number of hydrogen-bond acceptors (Lipinski definition) is 1. The van der Waals surface area contributed by atoms with Crippen LogP contribution in [0.25, 0.3) is 6.08 Å². The fraction of sp³-hybridized carbons (Fsp3) is 0.182. The van der Waals surface area contributed by atoms with Gasteiger partial charge in [0.25, 0.3) is 0 Å². The molecule has 0 aliphatic carbocycles. The maximum Gasteiger partial charge on any atom is 0.331 e. The van der Waals surface area contributed by atoms with E-state index in [0.29, 0.717) is 17.3 Å². The second kappa shape index (κ2) is 5.60. The van der Waals surface area contributed by atoms with Crippen LogP contribution in [-0.2, 0) is 4.79 Å². The molecular weight excluding hydrogens is 244 g/mol. The van der Waals surface area contributed by atoms with Crippen LogP contribution in [0.4, 0.5) is 0 Å². The van der Waals surface area contributed by atoms with Crippen LogP contribution in [0, 0.1) is 0 Å². The normalized spacial score (nSPS) is 11.4. The van der Waals surface area contributed by atoms with E-state index in [2.05, 4.69) is 15.9 Å². The van der Waals surface area contributed by atoms with Gasteiger partial charge in [0.15, 0.2) is 0 Å². The fourth-order valence-corrected chi connectivity index (χ4v) is 1.52. The summed E-state index contributed by atoms with van der Waals surface area (Å²) in [5.41, 5.74) is 1.35. The Labute approximate surface area is 91.4 Å². The minimum absolute atomic E-state index is 0.424. The summed E-state index contributed by atoms with van der Waals surface area (Å²) in [6, 6.07) is 9.45. The molecule has 1 N–H and O–H groups in total. The molecule has 0 fully saturated rings. The molecule has 0 aliphatic rings. The van der Waals surface area contributed by atoms with E-state index in [9.17, 15) is 4.79 Å². The third-order valence-electron chi connectivity index (χ3n) is 1.78. The van der Waals surface area contributed by atoms with Crippen LogP contribution in [0.2, 0.25) is 0 Å². The molecule has 2 nitrogen and oxygen atoms in total. The second-order valence-electron chi connectivity index (χ2n) is 2.82. The van der Waals surface area contributed by atoms with Gasteiger partial charge in [0.05, 0.1) is 0 Å². The molecule has 0 unspecified atom stereocenters. The number of halogens is 1.